The summed E-state index contributed by atoms with van der Waals surface area (Å²) in [6, 6.07) is 5.45. The van der Waals surface area contributed by atoms with Crippen LogP contribution >= 0.6 is 0 Å². The summed E-state index contributed by atoms with van der Waals surface area (Å²) in [7, 11) is -3.84. The number of carbonyl (C=O) groups excluding carboxylic acids is 1. The maximum absolute atomic E-state index is 12.0. The van der Waals surface area contributed by atoms with Crippen LogP contribution in [-0.2, 0) is 15.0 Å². The molecule has 0 bridgehead atoms. The van der Waals surface area contributed by atoms with Crippen LogP contribution in [0.1, 0.15) is 0 Å². The van der Waals surface area contributed by atoms with Gasteiger partial charge in [0, 0.05) is 11.8 Å². The molecule has 2 heterocycles. The van der Waals surface area contributed by atoms with E-state index in [1.54, 1.807) is 18.3 Å². The van der Waals surface area contributed by atoms with Crippen molar-refractivity contribution in [3.63, 3.8) is 0 Å². The highest BCUT2D eigenvalue weighted by atomic mass is 32.2. The second-order valence-electron chi connectivity index (χ2n) is 4.57. The molecule has 1 aliphatic heterocycles. The molecule has 1 unspecified atom stereocenters. The minimum absolute atomic E-state index is 0.0637. The van der Waals surface area contributed by atoms with Crippen molar-refractivity contribution in [1.29, 1.82) is 0 Å². The van der Waals surface area contributed by atoms with Gasteiger partial charge in [-0.05, 0) is 24.3 Å². The number of rotatable bonds is 3. The Hall–Kier alpha value is -2.39. The van der Waals surface area contributed by atoms with Gasteiger partial charge < -0.3 is 9.90 Å². The van der Waals surface area contributed by atoms with E-state index < -0.39 is 16.3 Å². The first-order valence-electron chi connectivity index (χ1n) is 6.09. The van der Waals surface area contributed by atoms with E-state index in [0.717, 1.165) is 4.31 Å². The summed E-state index contributed by atoms with van der Waals surface area (Å²) < 4.78 is 27.2. The van der Waals surface area contributed by atoms with Gasteiger partial charge in [0.2, 0.25) is 0 Å². The topological polar surface area (TPSA) is 115 Å². The van der Waals surface area contributed by atoms with Crippen LogP contribution in [0.3, 0.4) is 0 Å². The molecule has 2 aromatic rings. The highest BCUT2D eigenvalue weighted by molar-refractivity contribution is 7.91. The van der Waals surface area contributed by atoms with Gasteiger partial charge in [-0.1, -0.05) is 0 Å². The van der Waals surface area contributed by atoms with Crippen LogP contribution in [0.5, 0.6) is 5.75 Å². The van der Waals surface area contributed by atoms with E-state index in [-0.39, 0.29) is 18.0 Å². The van der Waals surface area contributed by atoms with E-state index in [1.807, 2.05) is 0 Å². The first-order valence-corrected chi connectivity index (χ1v) is 7.53. The van der Waals surface area contributed by atoms with Crippen LogP contribution in [0.4, 0.5) is 5.69 Å². The first kappa shape index (κ1) is 13.6. The SMILES string of the molecule is O=CC1CN(c2cc(-c3ccn[nH]3)ccc2O)S(=O)(=O)N1. The molecule has 1 fully saturated rings. The third-order valence-electron chi connectivity index (χ3n) is 3.17. The maximum atomic E-state index is 12.0. The molecule has 21 heavy (non-hydrogen) atoms. The lowest BCUT2D eigenvalue weighted by atomic mass is 10.1. The first-order chi connectivity index (χ1) is 10.0. The second-order valence-corrected chi connectivity index (χ2v) is 6.20. The Bertz CT molecular complexity index is 773. The number of nitrogens with one attached hydrogen (secondary N) is 2. The number of hydrogen-bond donors (Lipinski definition) is 3. The maximum Gasteiger partial charge on any atom is 0.302 e. The molecule has 0 radical (unpaired) electrons. The Morgan fingerprint density at radius 1 is 1.38 bits per heavy atom. The van der Waals surface area contributed by atoms with E-state index in [0.29, 0.717) is 17.5 Å². The van der Waals surface area contributed by atoms with Crippen molar-refractivity contribution in [3.8, 4) is 17.0 Å². The van der Waals surface area contributed by atoms with E-state index >= 15 is 0 Å². The Labute approximate surface area is 120 Å². The molecule has 1 saturated heterocycles. The highest BCUT2D eigenvalue weighted by Crippen LogP contribution is 2.34. The zero-order chi connectivity index (χ0) is 15.0. The molecular weight excluding hydrogens is 296 g/mol. The molecule has 0 aliphatic carbocycles. The van der Waals surface area contributed by atoms with Crippen molar-refractivity contribution in [3.05, 3.63) is 30.5 Å². The van der Waals surface area contributed by atoms with Crippen molar-refractivity contribution in [2.24, 2.45) is 0 Å². The van der Waals surface area contributed by atoms with Crippen molar-refractivity contribution in [2.75, 3.05) is 10.8 Å². The second kappa shape index (κ2) is 4.86. The van der Waals surface area contributed by atoms with Gasteiger partial charge in [0.05, 0.1) is 24.0 Å². The average Bonchev–Trinajstić information content (AvgIpc) is 3.07. The zero-order valence-electron chi connectivity index (χ0n) is 10.7. The number of hydrogen-bond acceptors (Lipinski definition) is 5. The van der Waals surface area contributed by atoms with E-state index in [9.17, 15) is 18.3 Å². The normalized spacial score (nSPS) is 20.6. The third-order valence-corrected chi connectivity index (χ3v) is 4.70. The van der Waals surface area contributed by atoms with Gasteiger partial charge in [-0.2, -0.15) is 18.2 Å². The lowest BCUT2D eigenvalue weighted by Gasteiger charge is -2.17. The largest absolute Gasteiger partial charge is 0.506 e. The number of H-pyrrole nitrogens is 1. The average molecular weight is 308 g/mol. The summed E-state index contributed by atoms with van der Waals surface area (Å²) >= 11 is 0. The molecule has 3 N–H and O–H groups in total. The number of nitrogens with zero attached hydrogens (tertiary/aromatic N) is 2. The molecule has 0 saturated carbocycles. The van der Waals surface area contributed by atoms with E-state index in [2.05, 4.69) is 14.9 Å². The van der Waals surface area contributed by atoms with Crippen molar-refractivity contribution >= 4 is 22.2 Å². The number of aromatic amines is 1. The van der Waals surface area contributed by atoms with Gasteiger partial charge in [-0.3, -0.25) is 9.40 Å². The monoisotopic (exact) mass is 308 g/mol. The molecule has 1 aromatic heterocycles. The quantitative estimate of drug-likeness (QED) is 0.691. The van der Waals surface area contributed by atoms with Crippen LogP contribution in [0.2, 0.25) is 0 Å². The molecule has 0 amide bonds. The summed E-state index contributed by atoms with van der Waals surface area (Å²) in [4.78, 5) is 10.8. The number of phenols is 1. The summed E-state index contributed by atoms with van der Waals surface area (Å²) in [5.74, 6) is -0.185. The number of aldehydes is 1. The number of benzene rings is 1. The predicted molar refractivity (Wildman–Crippen MR) is 74.9 cm³/mol. The van der Waals surface area contributed by atoms with Crippen LogP contribution in [0.25, 0.3) is 11.3 Å². The molecule has 3 rings (SSSR count). The van der Waals surface area contributed by atoms with Crippen molar-refractivity contribution < 1.29 is 18.3 Å². The van der Waals surface area contributed by atoms with Crippen LogP contribution < -0.4 is 9.03 Å². The van der Waals surface area contributed by atoms with Crippen LogP contribution in [0.15, 0.2) is 30.5 Å². The van der Waals surface area contributed by atoms with E-state index in [1.165, 1.54) is 12.1 Å². The molecular formula is C12H12N4O4S. The van der Waals surface area contributed by atoms with Gasteiger partial charge in [0.1, 0.15) is 12.0 Å². The fourth-order valence-electron chi connectivity index (χ4n) is 2.17. The Kier molecular flexibility index (Phi) is 3.15. The van der Waals surface area contributed by atoms with Crippen molar-refractivity contribution in [2.45, 2.75) is 6.04 Å². The lowest BCUT2D eigenvalue weighted by molar-refractivity contribution is -0.108. The van der Waals surface area contributed by atoms with Gasteiger partial charge >= 0.3 is 10.2 Å². The summed E-state index contributed by atoms with van der Waals surface area (Å²) in [6.07, 6.45) is 2.09. The molecule has 1 atom stereocenters. The summed E-state index contributed by atoms with van der Waals surface area (Å²) in [6.45, 7) is -0.0637. The standard InChI is InChI=1S/C12H12N4O4S/c17-7-9-6-16(21(19,20)15-9)11-5-8(1-2-12(11)18)10-3-4-13-14-10/h1-5,7,9,15,18H,6H2,(H,13,14). The van der Waals surface area contributed by atoms with Gasteiger partial charge in [-0.25, -0.2) is 0 Å². The number of carbonyl (C=O) groups is 1. The number of phenolic OH excluding ortho intramolecular Hbond substituents is 1. The van der Waals surface area contributed by atoms with Gasteiger partial charge in [0.25, 0.3) is 0 Å². The smallest absolute Gasteiger partial charge is 0.302 e. The number of aromatic nitrogens is 2. The molecule has 1 aromatic carbocycles. The third kappa shape index (κ3) is 2.36. The summed E-state index contributed by atoms with van der Waals surface area (Å²) in [5, 5.41) is 16.5. The van der Waals surface area contributed by atoms with Gasteiger partial charge in [-0.15, -0.1) is 0 Å². The Balaban J connectivity index is 2.06. The molecule has 110 valence electrons. The van der Waals surface area contributed by atoms with Crippen molar-refractivity contribution in [1.82, 2.24) is 14.9 Å². The highest BCUT2D eigenvalue weighted by Gasteiger charge is 2.36. The molecule has 8 nitrogen and oxygen atoms in total. The number of anilines is 1. The fraction of sp³-hybridized carbons (Fsp3) is 0.167. The fourth-order valence-corrected chi connectivity index (χ4v) is 3.58. The number of aromatic hydroxyl groups is 1. The van der Waals surface area contributed by atoms with E-state index in [4.69, 9.17) is 0 Å². The molecule has 0 spiro atoms. The van der Waals surface area contributed by atoms with Gasteiger partial charge in [0.15, 0.2) is 0 Å². The minimum atomic E-state index is -3.84. The van der Waals surface area contributed by atoms with Crippen LogP contribution in [0, 0.1) is 0 Å². The predicted octanol–water partition coefficient (Wildman–Crippen LogP) is 0.00420. The Morgan fingerprint density at radius 3 is 2.81 bits per heavy atom. The zero-order valence-corrected chi connectivity index (χ0v) is 11.5. The minimum Gasteiger partial charge on any atom is -0.506 e. The summed E-state index contributed by atoms with van der Waals surface area (Å²) in [5.41, 5.74) is 1.47. The molecule has 1 aliphatic rings. The Morgan fingerprint density at radius 2 is 2.19 bits per heavy atom. The molecule has 9 heteroatoms. The van der Waals surface area contributed by atoms with Crippen LogP contribution in [-0.4, -0.2) is 42.6 Å². The lowest BCUT2D eigenvalue weighted by Crippen LogP contribution is -2.30.